The van der Waals surface area contributed by atoms with Gasteiger partial charge in [-0.1, -0.05) is 36.8 Å². The number of fused-ring (bicyclic) bond motifs is 1. The topological polar surface area (TPSA) is 15.3 Å². The standard InChI is InChI=1S/C18H20F2N2/c1-3-14-10-21-17-8-15(19)16(20)9-18(17)22(14)11-13-6-4-5-12(2)7-13/h4-9,14,21H,3,10-11H2,1-2H3. The van der Waals surface area contributed by atoms with Crippen LogP contribution in [-0.2, 0) is 6.54 Å². The molecule has 1 aliphatic rings. The maximum atomic E-state index is 13.7. The van der Waals surface area contributed by atoms with E-state index in [9.17, 15) is 8.78 Å². The molecular weight excluding hydrogens is 282 g/mol. The Morgan fingerprint density at radius 2 is 1.95 bits per heavy atom. The van der Waals surface area contributed by atoms with Gasteiger partial charge in [0, 0.05) is 31.3 Å². The molecule has 0 saturated carbocycles. The first kappa shape index (κ1) is 14.8. The van der Waals surface area contributed by atoms with Crippen LogP contribution in [0, 0.1) is 18.6 Å². The predicted octanol–water partition coefficient (Wildman–Crippen LogP) is 4.48. The molecule has 1 atom stereocenters. The fraction of sp³-hybridized carbons (Fsp3) is 0.333. The number of hydrogen-bond donors (Lipinski definition) is 1. The SMILES string of the molecule is CCC1CNc2cc(F)c(F)cc2N1Cc1cccc(C)c1. The Balaban J connectivity index is 1.99. The quantitative estimate of drug-likeness (QED) is 0.899. The highest BCUT2D eigenvalue weighted by Gasteiger charge is 2.26. The molecule has 1 heterocycles. The molecular formula is C18H20F2N2. The summed E-state index contributed by atoms with van der Waals surface area (Å²) >= 11 is 0. The molecule has 0 saturated heterocycles. The van der Waals surface area contributed by atoms with E-state index in [0.717, 1.165) is 18.7 Å². The first-order valence-corrected chi connectivity index (χ1v) is 7.63. The van der Waals surface area contributed by atoms with Crippen molar-refractivity contribution in [3.8, 4) is 0 Å². The van der Waals surface area contributed by atoms with Gasteiger partial charge in [-0.15, -0.1) is 0 Å². The second-order valence-electron chi connectivity index (χ2n) is 5.84. The maximum absolute atomic E-state index is 13.7. The van der Waals surface area contributed by atoms with E-state index in [4.69, 9.17) is 0 Å². The van der Waals surface area contributed by atoms with Crippen molar-refractivity contribution in [1.29, 1.82) is 0 Å². The van der Waals surface area contributed by atoms with E-state index in [2.05, 4.69) is 42.3 Å². The van der Waals surface area contributed by atoms with E-state index in [1.165, 1.54) is 23.3 Å². The molecule has 1 N–H and O–H groups in total. The van der Waals surface area contributed by atoms with E-state index in [0.29, 0.717) is 12.2 Å². The Hall–Kier alpha value is -2.10. The molecule has 0 amide bonds. The van der Waals surface area contributed by atoms with Gasteiger partial charge in [0.1, 0.15) is 0 Å². The van der Waals surface area contributed by atoms with Gasteiger partial charge >= 0.3 is 0 Å². The van der Waals surface area contributed by atoms with Crippen LogP contribution in [0.3, 0.4) is 0 Å². The van der Waals surface area contributed by atoms with Crippen molar-refractivity contribution in [3.05, 3.63) is 59.2 Å². The third kappa shape index (κ3) is 2.78. The third-order valence-corrected chi connectivity index (χ3v) is 4.22. The molecule has 2 aromatic rings. The number of benzene rings is 2. The van der Waals surface area contributed by atoms with Crippen LogP contribution in [0.15, 0.2) is 36.4 Å². The lowest BCUT2D eigenvalue weighted by Gasteiger charge is -2.39. The van der Waals surface area contributed by atoms with Crippen molar-refractivity contribution in [2.24, 2.45) is 0 Å². The van der Waals surface area contributed by atoms with E-state index in [-0.39, 0.29) is 6.04 Å². The number of nitrogens with one attached hydrogen (secondary N) is 1. The summed E-state index contributed by atoms with van der Waals surface area (Å²) in [6.07, 6.45) is 0.942. The van der Waals surface area contributed by atoms with E-state index in [1.807, 2.05) is 6.07 Å². The van der Waals surface area contributed by atoms with Gasteiger partial charge in [0.25, 0.3) is 0 Å². The van der Waals surface area contributed by atoms with Crippen molar-refractivity contribution in [1.82, 2.24) is 0 Å². The van der Waals surface area contributed by atoms with Crippen LogP contribution >= 0.6 is 0 Å². The van der Waals surface area contributed by atoms with Gasteiger partial charge in [0.2, 0.25) is 0 Å². The number of aryl methyl sites for hydroxylation is 1. The van der Waals surface area contributed by atoms with Crippen LogP contribution in [0.4, 0.5) is 20.2 Å². The fourth-order valence-electron chi connectivity index (χ4n) is 3.04. The zero-order valence-corrected chi connectivity index (χ0v) is 12.9. The van der Waals surface area contributed by atoms with Gasteiger partial charge in [0.15, 0.2) is 11.6 Å². The zero-order valence-electron chi connectivity index (χ0n) is 12.9. The average molecular weight is 302 g/mol. The molecule has 116 valence electrons. The Morgan fingerprint density at radius 3 is 2.68 bits per heavy atom. The molecule has 4 heteroatoms. The van der Waals surface area contributed by atoms with Crippen LogP contribution in [0.1, 0.15) is 24.5 Å². The number of nitrogens with zero attached hydrogens (tertiary/aromatic N) is 1. The molecule has 2 aromatic carbocycles. The number of hydrogen-bond acceptors (Lipinski definition) is 2. The second-order valence-corrected chi connectivity index (χ2v) is 5.84. The molecule has 0 fully saturated rings. The van der Waals surface area contributed by atoms with Gasteiger partial charge < -0.3 is 10.2 Å². The van der Waals surface area contributed by atoms with E-state index < -0.39 is 11.6 Å². The molecule has 0 spiro atoms. The van der Waals surface area contributed by atoms with Gasteiger partial charge in [-0.3, -0.25) is 0 Å². The molecule has 3 rings (SSSR count). The summed E-state index contributed by atoms with van der Waals surface area (Å²) in [5, 5.41) is 3.21. The lowest BCUT2D eigenvalue weighted by Crippen LogP contribution is -2.43. The Bertz CT molecular complexity index is 685. The first-order chi connectivity index (χ1) is 10.6. The molecule has 2 nitrogen and oxygen atoms in total. The molecule has 0 bridgehead atoms. The molecule has 1 aliphatic heterocycles. The van der Waals surface area contributed by atoms with E-state index >= 15 is 0 Å². The van der Waals surface area contributed by atoms with Gasteiger partial charge in [0.05, 0.1) is 11.4 Å². The number of rotatable bonds is 3. The summed E-state index contributed by atoms with van der Waals surface area (Å²) in [6.45, 7) is 5.60. The Morgan fingerprint density at radius 1 is 1.18 bits per heavy atom. The van der Waals surface area contributed by atoms with Gasteiger partial charge in [-0.05, 0) is 18.9 Å². The Labute approximate surface area is 129 Å². The van der Waals surface area contributed by atoms with Crippen LogP contribution in [-0.4, -0.2) is 12.6 Å². The summed E-state index contributed by atoms with van der Waals surface area (Å²) < 4.78 is 27.1. The summed E-state index contributed by atoms with van der Waals surface area (Å²) in [5.74, 6) is -1.61. The summed E-state index contributed by atoms with van der Waals surface area (Å²) in [7, 11) is 0. The van der Waals surface area contributed by atoms with Gasteiger partial charge in [-0.2, -0.15) is 0 Å². The Kier molecular flexibility index (Phi) is 4.01. The van der Waals surface area contributed by atoms with Crippen molar-refractivity contribution >= 4 is 11.4 Å². The van der Waals surface area contributed by atoms with Crippen LogP contribution in [0.5, 0.6) is 0 Å². The second kappa shape index (κ2) is 5.95. The van der Waals surface area contributed by atoms with Crippen molar-refractivity contribution in [2.75, 3.05) is 16.8 Å². The first-order valence-electron chi connectivity index (χ1n) is 7.63. The average Bonchev–Trinajstić information content (AvgIpc) is 2.49. The van der Waals surface area contributed by atoms with E-state index in [1.54, 1.807) is 0 Å². The lowest BCUT2D eigenvalue weighted by atomic mass is 10.0. The highest BCUT2D eigenvalue weighted by molar-refractivity contribution is 5.73. The summed E-state index contributed by atoms with van der Waals surface area (Å²) in [5.41, 5.74) is 3.77. The highest BCUT2D eigenvalue weighted by atomic mass is 19.2. The highest BCUT2D eigenvalue weighted by Crippen LogP contribution is 2.35. The maximum Gasteiger partial charge on any atom is 0.161 e. The van der Waals surface area contributed by atoms with Crippen LogP contribution in [0.2, 0.25) is 0 Å². The minimum Gasteiger partial charge on any atom is -0.381 e. The summed E-state index contributed by atoms with van der Waals surface area (Å²) in [6, 6.07) is 11.1. The smallest absolute Gasteiger partial charge is 0.161 e. The molecule has 22 heavy (non-hydrogen) atoms. The monoisotopic (exact) mass is 302 g/mol. The minimum atomic E-state index is -0.809. The van der Waals surface area contributed by atoms with Crippen molar-refractivity contribution < 1.29 is 8.78 Å². The van der Waals surface area contributed by atoms with Gasteiger partial charge in [-0.25, -0.2) is 8.78 Å². The van der Waals surface area contributed by atoms with Crippen molar-refractivity contribution in [2.45, 2.75) is 32.9 Å². The predicted molar refractivity (Wildman–Crippen MR) is 86.3 cm³/mol. The summed E-state index contributed by atoms with van der Waals surface area (Å²) in [4.78, 5) is 2.17. The largest absolute Gasteiger partial charge is 0.381 e. The number of anilines is 2. The fourth-order valence-corrected chi connectivity index (χ4v) is 3.04. The third-order valence-electron chi connectivity index (χ3n) is 4.22. The minimum absolute atomic E-state index is 0.262. The van der Waals surface area contributed by atoms with Crippen molar-refractivity contribution in [3.63, 3.8) is 0 Å². The van der Waals surface area contributed by atoms with Crippen LogP contribution in [0.25, 0.3) is 0 Å². The molecule has 0 radical (unpaired) electrons. The zero-order chi connectivity index (χ0) is 15.7. The lowest BCUT2D eigenvalue weighted by molar-refractivity contribution is 0.504. The van der Waals surface area contributed by atoms with Crippen LogP contribution < -0.4 is 10.2 Å². The molecule has 0 aromatic heterocycles. The normalized spacial score (nSPS) is 17.1. The number of halogens is 2. The molecule has 1 unspecified atom stereocenters. The molecule has 0 aliphatic carbocycles.